The van der Waals surface area contributed by atoms with Crippen molar-refractivity contribution < 1.29 is 46.0 Å². The topological polar surface area (TPSA) is 207 Å². The average molecular weight is 1920 g/mol. The average Bonchev–Trinajstić information content (AvgIpc) is 0.813. The van der Waals surface area contributed by atoms with Gasteiger partial charge in [-0.25, -0.2) is 0 Å². The van der Waals surface area contributed by atoms with Crippen LogP contribution in [0.15, 0.2) is 230 Å². The van der Waals surface area contributed by atoms with Gasteiger partial charge in [0.1, 0.15) is 51.7 Å². The molecule has 0 heterocycles. The van der Waals surface area contributed by atoms with Crippen molar-refractivity contribution in [3.63, 3.8) is 0 Å². The molecule has 0 fully saturated rings. The van der Waals surface area contributed by atoms with E-state index in [4.69, 9.17) is 34.8 Å². The first kappa shape index (κ1) is 94.3. The fourth-order valence-corrected chi connectivity index (χ4v) is 17.2. The third kappa shape index (κ3) is 26.2. The number of nitrogens with one attached hydrogen (secondary N) is 1. The summed E-state index contributed by atoms with van der Waals surface area (Å²) < 4.78 is 2.99. The Bertz CT molecular complexity index is 5470. The van der Waals surface area contributed by atoms with Crippen LogP contribution in [0.1, 0.15) is 132 Å². The quantitative estimate of drug-likeness (QED) is 0.0325. The highest BCUT2D eigenvalue weighted by atomic mass is 79.9. The van der Waals surface area contributed by atoms with Crippen LogP contribution in [0.5, 0.6) is 51.7 Å². The van der Waals surface area contributed by atoms with E-state index in [-0.39, 0.29) is 50.3 Å². The van der Waals surface area contributed by atoms with Crippen LogP contribution in [0.2, 0.25) is 15.1 Å². The maximum absolute atomic E-state index is 10.5. The van der Waals surface area contributed by atoms with Crippen molar-refractivity contribution in [2.45, 2.75) is 146 Å². The molecule has 21 heteroatoms. The van der Waals surface area contributed by atoms with Crippen LogP contribution in [-0.4, -0.2) is 93.2 Å². The largest absolute Gasteiger partial charge is 0.508 e. The van der Waals surface area contributed by atoms with E-state index in [1.807, 2.05) is 192 Å². The number of rotatable bonds is 21. The van der Waals surface area contributed by atoms with Crippen LogP contribution in [0.4, 0.5) is 0 Å². The minimum absolute atomic E-state index is 0.00624. The second-order valence-corrected chi connectivity index (χ2v) is 37.1. The van der Waals surface area contributed by atoms with Crippen molar-refractivity contribution in [2.24, 2.45) is 0 Å². The summed E-state index contributed by atoms with van der Waals surface area (Å²) in [4.78, 5) is 8.33. The van der Waals surface area contributed by atoms with Crippen molar-refractivity contribution in [2.75, 3.05) is 27.7 Å². The highest BCUT2D eigenvalue weighted by molar-refractivity contribution is 9.11. The molecule has 14 nitrogen and oxygen atoms in total. The monoisotopic (exact) mass is 1920 g/mol. The van der Waals surface area contributed by atoms with E-state index < -0.39 is 0 Å². The van der Waals surface area contributed by atoms with Crippen molar-refractivity contribution in [3.05, 3.63) is 329 Å². The summed E-state index contributed by atoms with van der Waals surface area (Å²) in [5, 5.41) is 104. The number of hydrogen-bond acceptors (Lipinski definition) is 14. The van der Waals surface area contributed by atoms with Crippen LogP contribution >= 0.6 is 98.5 Å². The van der Waals surface area contributed by atoms with Gasteiger partial charge in [-0.3, -0.25) is 19.6 Å². The molecule has 13 rings (SSSR count). The molecule has 0 atom stereocenters. The number of hydrogen-bond donors (Lipinski definition) is 10. The van der Waals surface area contributed by atoms with Gasteiger partial charge in [-0.1, -0.05) is 250 Å². The number of nitrogens with zero attached hydrogens (tertiary/aromatic N) is 4. The van der Waals surface area contributed by atoms with E-state index in [1.54, 1.807) is 36.4 Å². The number of benzene rings is 13. The lowest BCUT2D eigenvalue weighted by atomic mass is 9.85. The number of halogens is 7. The molecule has 0 bridgehead atoms. The first-order valence-electron chi connectivity index (χ1n) is 39.0. The fraction of sp³-hybridized carbons (Fsp3) is 0.265. The Kier molecular flexibility index (Phi) is 33.9. The van der Waals surface area contributed by atoms with Gasteiger partial charge in [0.05, 0.1) is 18.4 Å². The lowest BCUT2D eigenvalue weighted by Crippen LogP contribution is -2.22. The molecule has 0 unspecified atom stereocenters. The van der Waals surface area contributed by atoms with Crippen LogP contribution in [0.25, 0.3) is 32.3 Å². The van der Waals surface area contributed by atoms with E-state index in [0.29, 0.717) is 105 Å². The van der Waals surface area contributed by atoms with Crippen LogP contribution < -0.4 is 5.32 Å². The van der Waals surface area contributed by atoms with Gasteiger partial charge in [-0.2, -0.15) is 0 Å². The van der Waals surface area contributed by atoms with E-state index in [2.05, 4.69) is 156 Å². The highest BCUT2D eigenvalue weighted by Gasteiger charge is 2.24. The van der Waals surface area contributed by atoms with Crippen LogP contribution in [0.3, 0.4) is 0 Å². The number of aryl methyl sites for hydroxylation is 3. The summed E-state index contributed by atoms with van der Waals surface area (Å²) in [5.74, 6) is 2.36. The lowest BCUT2D eigenvalue weighted by Gasteiger charge is -2.25. The molecular weight excluding hydrogens is 1820 g/mol. The van der Waals surface area contributed by atoms with E-state index >= 15 is 0 Å². The van der Waals surface area contributed by atoms with Crippen molar-refractivity contribution in [1.82, 2.24) is 24.9 Å². The molecule has 13 aromatic rings. The maximum atomic E-state index is 10.5. The van der Waals surface area contributed by atoms with E-state index in [1.165, 1.54) is 28.3 Å². The second-order valence-electron chi connectivity index (χ2n) is 32.3. The fourth-order valence-electron chi connectivity index (χ4n) is 14.0. The van der Waals surface area contributed by atoms with Gasteiger partial charge in [0.15, 0.2) is 0 Å². The zero-order valence-corrected chi connectivity index (χ0v) is 78.1. The van der Waals surface area contributed by atoms with Gasteiger partial charge in [-0.15, -0.1) is 0 Å². The van der Waals surface area contributed by atoms with Gasteiger partial charge in [0.25, 0.3) is 0 Å². The molecule has 119 heavy (non-hydrogen) atoms. The summed E-state index contributed by atoms with van der Waals surface area (Å²) in [7, 11) is 5.87. The Morgan fingerprint density at radius 3 is 1.16 bits per heavy atom. The first-order chi connectivity index (χ1) is 56.3. The molecule has 0 saturated carbocycles. The molecule has 0 amide bonds. The molecule has 0 saturated heterocycles. The third-order valence-electron chi connectivity index (χ3n) is 20.5. The lowest BCUT2D eigenvalue weighted by molar-refractivity contribution is 0.264. The normalized spacial score (nSPS) is 11.5. The molecule has 13 aromatic carbocycles. The Morgan fingerprint density at radius 1 is 0.345 bits per heavy atom. The summed E-state index contributed by atoms with van der Waals surface area (Å²) >= 11 is 31.9. The van der Waals surface area contributed by atoms with Gasteiger partial charge in [0, 0.05) is 130 Å². The SMILES string of the molecule is CCN(Cc1cc(Cl)cc(C)c1O)Cc1c(O)ccc2ccccc12.CN(Cc1cc(Br)cc(Br)c1O)Cc1c(O)ccc2ccccc12.CN(Cc1cc(C(C)(C)C)cc(Br)c1O)Cc1cc(C(C)(C)C)cc(Br)c1O.CN(Cc1cc(Cl)cc(Cl)c1O)Cc1c(O)ccc2ccccc12.Cc1cc(C)c(O)c(CNCc2ccccc2)c1. The summed E-state index contributed by atoms with van der Waals surface area (Å²) in [5.41, 5.74) is 14.1. The minimum atomic E-state index is -0.00624. The minimum Gasteiger partial charge on any atom is -0.508 e. The molecule has 0 aliphatic carbocycles. The second kappa shape index (κ2) is 42.8. The highest BCUT2D eigenvalue weighted by Crippen LogP contribution is 2.41. The summed E-state index contributed by atoms with van der Waals surface area (Å²) in [6.07, 6.45) is 0. The molecule has 10 N–H and O–H groups in total. The number of aromatic hydroxyl groups is 9. The van der Waals surface area contributed by atoms with Crippen LogP contribution in [0, 0.1) is 20.8 Å². The zero-order chi connectivity index (χ0) is 86.9. The number of phenolic OH excluding ortho intramolecular Hbond substituents is 9. The van der Waals surface area contributed by atoms with Gasteiger partial charge in [0.2, 0.25) is 0 Å². The van der Waals surface area contributed by atoms with Gasteiger partial charge < -0.3 is 51.3 Å². The van der Waals surface area contributed by atoms with Gasteiger partial charge >= 0.3 is 0 Å². The molecule has 0 spiro atoms. The predicted octanol–water partition coefficient (Wildman–Crippen LogP) is 26.0. The molecule has 0 radical (unpaired) electrons. The van der Waals surface area contributed by atoms with E-state index in [9.17, 15) is 46.0 Å². The number of fused-ring (bicyclic) bond motifs is 3. The third-order valence-corrected chi connectivity index (χ3v) is 23.5. The van der Waals surface area contributed by atoms with Crippen LogP contribution in [-0.2, 0) is 76.3 Å². The standard InChI is InChI=1S/C23H31Br2NO2.C21H22ClNO2.C19H17Br2NO2.C19H17Cl2NO2.C16H19NO/c1-22(2,3)16-8-14(20(27)18(24)10-16)12-26(7)13-15-9-17(23(4,5)6)11-19(25)21(15)28;1-3-23(12-16-11-17(22)10-14(2)21(16)25)13-19-18-7-5-4-6-15(18)8-9-20(19)24;2*1-22(10-13-8-14(20)9-17(21)19(13)24)11-16-15-5-3-2-4-12(15)6-7-18(16)23;1-12-8-13(2)16(18)15(9-12)11-17-10-14-6-4-3-5-7-14/h8-11,27-28H,12-13H2,1-7H3;4-11,24-25H,3,12-13H2,1-2H3;2*2-9,23-24H,10-11H2,1H3;3-9,17-18H,10-11H2,1-2H3. The summed E-state index contributed by atoms with van der Waals surface area (Å²) in [6, 6.07) is 67.8. The smallest absolute Gasteiger partial charge is 0.138 e. The molecule has 0 aliphatic heterocycles. The molecular formula is C98H106Br4Cl3N5O9. The van der Waals surface area contributed by atoms with Crippen molar-refractivity contribution >= 4 is 131 Å². The first-order valence-corrected chi connectivity index (χ1v) is 43.3. The Balaban J connectivity index is 0.000000170. The van der Waals surface area contributed by atoms with E-state index in [0.717, 1.165) is 106 Å². The summed E-state index contributed by atoms with van der Waals surface area (Å²) in [6.45, 7) is 27.6. The Hall–Kier alpha value is -8.57. The maximum Gasteiger partial charge on any atom is 0.138 e. The zero-order valence-electron chi connectivity index (χ0n) is 69.4. The van der Waals surface area contributed by atoms with Crippen molar-refractivity contribution in [3.8, 4) is 51.7 Å². The molecule has 626 valence electrons. The van der Waals surface area contributed by atoms with Crippen molar-refractivity contribution in [1.29, 1.82) is 0 Å². The molecule has 0 aliphatic rings. The molecule has 0 aromatic heterocycles. The predicted molar refractivity (Wildman–Crippen MR) is 505 cm³/mol. The van der Waals surface area contributed by atoms with Gasteiger partial charge in [-0.05, 0) is 234 Å². The number of phenols is 9. The Morgan fingerprint density at radius 2 is 0.714 bits per heavy atom. The Labute approximate surface area is 749 Å².